The van der Waals surface area contributed by atoms with Crippen molar-refractivity contribution >= 4 is 56.8 Å². The molecule has 0 spiro atoms. The summed E-state index contributed by atoms with van der Waals surface area (Å²) in [6, 6.07) is 12.7. The molecule has 0 aliphatic carbocycles. The van der Waals surface area contributed by atoms with Gasteiger partial charge >= 0.3 is 0 Å². The third kappa shape index (κ3) is 6.79. The molecule has 0 bridgehead atoms. The van der Waals surface area contributed by atoms with Crippen LogP contribution in [0.3, 0.4) is 0 Å². The van der Waals surface area contributed by atoms with Gasteiger partial charge in [0.2, 0.25) is 5.91 Å². The second-order valence-corrected chi connectivity index (χ2v) is 9.58. The van der Waals surface area contributed by atoms with E-state index in [4.69, 9.17) is 4.98 Å². The average molecular weight is 505 g/mol. The predicted octanol–water partition coefficient (Wildman–Crippen LogP) is 6.22. The molecule has 9 heteroatoms. The predicted molar refractivity (Wildman–Crippen MR) is 137 cm³/mol. The van der Waals surface area contributed by atoms with E-state index < -0.39 is 0 Å². The lowest BCUT2D eigenvalue weighted by molar-refractivity contribution is -0.118. The van der Waals surface area contributed by atoms with Crippen molar-refractivity contribution in [2.24, 2.45) is 0 Å². The van der Waals surface area contributed by atoms with Crippen LogP contribution in [0.4, 0.5) is 9.52 Å². The zero-order valence-electron chi connectivity index (χ0n) is 18.3. The minimum absolute atomic E-state index is 0. The van der Waals surface area contributed by atoms with Crippen molar-refractivity contribution in [1.29, 1.82) is 0 Å². The van der Waals surface area contributed by atoms with Gasteiger partial charge in [-0.05, 0) is 54.8 Å². The van der Waals surface area contributed by atoms with Crippen LogP contribution in [-0.4, -0.2) is 32.7 Å². The van der Waals surface area contributed by atoms with E-state index in [2.05, 4.69) is 24.0 Å². The maximum atomic E-state index is 13.2. The normalized spacial score (nSPS) is 10.8. The molecule has 4 aromatic rings. The fraction of sp³-hybridized carbons (Fsp3) is 0.292. The van der Waals surface area contributed by atoms with Crippen molar-refractivity contribution in [2.75, 3.05) is 17.2 Å². The number of aryl methyl sites for hydroxylation is 2. The molecule has 0 saturated carbocycles. The number of imidazole rings is 1. The molecule has 0 atom stereocenters. The summed E-state index contributed by atoms with van der Waals surface area (Å²) in [5.41, 5.74) is 2.19. The molecule has 2 heterocycles. The highest BCUT2D eigenvalue weighted by Crippen LogP contribution is 2.31. The molecule has 1 amide bonds. The Bertz CT molecular complexity index is 1170. The molecule has 174 valence electrons. The van der Waals surface area contributed by atoms with Crippen LogP contribution >= 0.6 is 35.5 Å². The number of amides is 1. The third-order valence-corrected chi connectivity index (χ3v) is 7.19. The maximum Gasteiger partial charge on any atom is 0.229 e. The highest BCUT2D eigenvalue weighted by atomic mass is 35.5. The van der Waals surface area contributed by atoms with E-state index in [1.807, 2.05) is 21.7 Å². The quantitative estimate of drug-likeness (QED) is 0.240. The van der Waals surface area contributed by atoms with Crippen molar-refractivity contribution in [3.63, 3.8) is 0 Å². The lowest BCUT2D eigenvalue weighted by Gasteiger charge is -2.20. The minimum Gasteiger partial charge on any atom is -0.337 e. The van der Waals surface area contributed by atoms with Crippen LogP contribution in [0.2, 0.25) is 0 Å². The van der Waals surface area contributed by atoms with Gasteiger partial charge < -0.3 is 4.57 Å². The zero-order chi connectivity index (χ0) is 22.3. The number of nitrogens with zero attached hydrogens (tertiary/aromatic N) is 4. The molecule has 0 unspecified atom stereocenters. The SMILES string of the molecule is CCc1ccc2nc(N(CCCn3ccnc3)C(=O)CCSc3ccc(F)cc3)sc2c1.Cl. The number of halogens is 2. The largest absolute Gasteiger partial charge is 0.337 e. The lowest BCUT2D eigenvalue weighted by Crippen LogP contribution is -2.32. The summed E-state index contributed by atoms with van der Waals surface area (Å²) in [5, 5.41) is 0.746. The molecule has 0 aliphatic rings. The molecule has 0 N–H and O–H groups in total. The summed E-state index contributed by atoms with van der Waals surface area (Å²) in [6.45, 7) is 3.52. The van der Waals surface area contributed by atoms with Crippen LogP contribution in [0.1, 0.15) is 25.3 Å². The van der Waals surface area contributed by atoms with E-state index in [-0.39, 0.29) is 24.1 Å². The Hall–Kier alpha value is -2.42. The Morgan fingerprint density at radius 3 is 2.76 bits per heavy atom. The Labute approximate surface area is 207 Å². The highest BCUT2D eigenvalue weighted by Gasteiger charge is 2.19. The Balaban J connectivity index is 0.00000306. The van der Waals surface area contributed by atoms with Gasteiger partial charge in [-0.3, -0.25) is 9.69 Å². The van der Waals surface area contributed by atoms with Crippen molar-refractivity contribution in [3.8, 4) is 0 Å². The smallest absolute Gasteiger partial charge is 0.229 e. The first-order valence-corrected chi connectivity index (χ1v) is 12.5. The number of anilines is 1. The number of hydrogen-bond acceptors (Lipinski definition) is 5. The fourth-order valence-electron chi connectivity index (χ4n) is 3.37. The maximum absolute atomic E-state index is 13.2. The van der Waals surface area contributed by atoms with E-state index >= 15 is 0 Å². The second kappa shape index (κ2) is 12.2. The summed E-state index contributed by atoms with van der Waals surface area (Å²) in [6.07, 6.45) is 7.64. The standard InChI is InChI=1S/C24H25FN4OS2.ClH/c1-2-18-4-9-21-22(16-18)32-24(27-21)29(13-3-12-28-14-11-26-17-28)23(30)10-15-31-20-7-5-19(25)6-8-20;/h4-9,11,14,16-17H,2-3,10,12-13,15H2,1H3;1H. The summed E-state index contributed by atoms with van der Waals surface area (Å²) in [5.74, 6) is 0.435. The Morgan fingerprint density at radius 1 is 1.21 bits per heavy atom. The molecule has 4 rings (SSSR count). The Kier molecular flexibility index (Phi) is 9.29. The van der Waals surface area contributed by atoms with E-state index in [1.54, 1.807) is 47.8 Å². The first-order valence-electron chi connectivity index (χ1n) is 10.7. The first-order chi connectivity index (χ1) is 15.6. The number of hydrogen-bond donors (Lipinski definition) is 0. The number of carbonyl (C=O) groups excluding carboxylic acids is 1. The third-order valence-electron chi connectivity index (χ3n) is 5.14. The zero-order valence-corrected chi connectivity index (χ0v) is 20.8. The summed E-state index contributed by atoms with van der Waals surface area (Å²) in [4.78, 5) is 24.8. The minimum atomic E-state index is -0.253. The highest BCUT2D eigenvalue weighted by molar-refractivity contribution is 7.99. The van der Waals surface area contributed by atoms with Gasteiger partial charge in [-0.25, -0.2) is 14.4 Å². The van der Waals surface area contributed by atoms with E-state index in [1.165, 1.54) is 17.7 Å². The molecular weight excluding hydrogens is 479 g/mol. The van der Waals surface area contributed by atoms with Crippen molar-refractivity contribution < 1.29 is 9.18 Å². The molecule has 2 aromatic heterocycles. The van der Waals surface area contributed by atoms with Crippen LogP contribution in [0.5, 0.6) is 0 Å². The monoisotopic (exact) mass is 504 g/mol. The van der Waals surface area contributed by atoms with Crippen molar-refractivity contribution in [2.45, 2.75) is 37.6 Å². The van der Waals surface area contributed by atoms with Crippen LogP contribution < -0.4 is 4.90 Å². The van der Waals surface area contributed by atoms with Crippen molar-refractivity contribution in [3.05, 3.63) is 72.6 Å². The lowest BCUT2D eigenvalue weighted by atomic mass is 10.2. The van der Waals surface area contributed by atoms with Gasteiger partial charge in [-0.1, -0.05) is 24.3 Å². The van der Waals surface area contributed by atoms with Crippen LogP contribution in [0.15, 0.2) is 66.1 Å². The molecule has 0 aliphatic heterocycles. The van der Waals surface area contributed by atoms with Crippen LogP contribution in [0.25, 0.3) is 10.2 Å². The summed E-state index contributed by atoms with van der Waals surface area (Å²) in [7, 11) is 0. The van der Waals surface area contributed by atoms with Crippen molar-refractivity contribution in [1.82, 2.24) is 14.5 Å². The topological polar surface area (TPSA) is 51.0 Å². The molecule has 0 radical (unpaired) electrons. The van der Waals surface area contributed by atoms with Gasteiger partial charge in [0, 0.05) is 42.6 Å². The molecule has 33 heavy (non-hydrogen) atoms. The van der Waals surface area contributed by atoms with Gasteiger partial charge in [0.25, 0.3) is 0 Å². The van der Waals surface area contributed by atoms with Gasteiger partial charge in [-0.2, -0.15) is 0 Å². The van der Waals surface area contributed by atoms with E-state index in [0.29, 0.717) is 18.7 Å². The fourth-order valence-corrected chi connectivity index (χ4v) is 5.29. The number of fused-ring (bicyclic) bond motifs is 1. The Morgan fingerprint density at radius 2 is 2.03 bits per heavy atom. The van der Waals surface area contributed by atoms with Gasteiger partial charge in [0.15, 0.2) is 5.13 Å². The molecular formula is C24H26ClFN4OS2. The second-order valence-electron chi connectivity index (χ2n) is 7.40. The molecule has 0 fully saturated rings. The number of rotatable bonds is 10. The first kappa shape index (κ1) is 25.2. The molecule has 2 aromatic carbocycles. The summed E-state index contributed by atoms with van der Waals surface area (Å²) >= 11 is 3.13. The number of thiazole rings is 1. The molecule has 0 saturated heterocycles. The number of benzene rings is 2. The summed E-state index contributed by atoms with van der Waals surface area (Å²) < 4.78 is 16.2. The van der Waals surface area contributed by atoms with Crippen LogP contribution in [0, 0.1) is 5.82 Å². The number of thioether (sulfide) groups is 1. The van der Waals surface area contributed by atoms with Gasteiger partial charge in [0.1, 0.15) is 5.82 Å². The van der Waals surface area contributed by atoms with Gasteiger partial charge in [-0.15, -0.1) is 24.2 Å². The van der Waals surface area contributed by atoms with E-state index in [9.17, 15) is 9.18 Å². The van der Waals surface area contributed by atoms with Crippen LogP contribution in [-0.2, 0) is 17.8 Å². The number of aromatic nitrogens is 3. The average Bonchev–Trinajstić information content (AvgIpc) is 3.47. The molecule has 5 nitrogen and oxygen atoms in total. The number of carbonyl (C=O) groups is 1. The van der Waals surface area contributed by atoms with Gasteiger partial charge in [0.05, 0.1) is 16.5 Å². The van der Waals surface area contributed by atoms with E-state index in [0.717, 1.165) is 39.6 Å².